The molecule has 29 heavy (non-hydrogen) atoms. The predicted octanol–water partition coefficient (Wildman–Crippen LogP) is 4.95. The Labute approximate surface area is 179 Å². The summed E-state index contributed by atoms with van der Waals surface area (Å²) in [6.07, 6.45) is 3.24. The van der Waals surface area contributed by atoms with Crippen LogP contribution in [-0.4, -0.2) is 34.6 Å². The summed E-state index contributed by atoms with van der Waals surface area (Å²) in [5, 5.41) is 10.6. The van der Waals surface area contributed by atoms with E-state index in [1.807, 2.05) is 42.3 Å². The van der Waals surface area contributed by atoms with Crippen LogP contribution in [0.4, 0.5) is 5.95 Å². The Hall–Kier alpha value is -2.63. The lowest BCUT2D eigenvalue weighted by Gasteiger charge is -2.18. The van der Waals surface area contributed by atoms with Gasteiger partial charge in [0, 0.05) is 29.8 Å². The molecule has 7 heteroatoms. The lowest BCUT2D eigenvalue weighted by Crippen LogP contribution is -2.24. The second kappa shape index (κ2) is 9.72. The van der Waals surface area contributed by atoms with E-state index < -0.39 is 5.97 Å². The van der Waals surface area contributed by atoms with Gasteiger partial charge in [0.05, 0.1) is 11.3 Å². The van der Waals surface area contributed by atoms with Gasteiger partial charge in [0.1, 0.15) is 0 Å². The van der Waals surface area contributed by atoms with Crippen molar-refractivity contribution >= 4 is 35.1 Å². The lowest BCUT2D eigenvalue weighted by atomic mass is 10.1. The van der Waals surface area contributed by atoms with Crippen LogP contribution in [0.1, 0.15) is 27.2 Å². The van der Waals surface area contributed by atoms with Gasteiger partial charge in [-0.25, -0.2) is 14.8 Å². The van der Waals surface area contributed by atoms with Crippen molar-refractivity contribution < 1.29 is 9.90 Å². The SMILES string of the molecule is CN(CCc1ccccc1)c1ncc(C(=O)O)c(CCc2cc(Cl)cc(Cl)c2)n1. The number of nitrogens with zero attached hydrogens (tertiary/aromatic N) is 3. The summed E-state index contributed by atoms with van der Waals surface area (Å²) < 4.78 is 0. The second-order valence-electron chi connectivity index (χ2n) is 6.77. The Kier molecular flexibility index (Phi) is 7.07. The monoisotopic (exact) mass is 429 g/mol. The first-order valence-corrected chi connectivity index (χ1v) is 9.97. The van der Waals surface area contributed by atoms with Gasteiger partial charge in [-0.1, -0.05) is 53.5 Å². The molecule has 0 amide bonds. The molecule has 0 spiro atoms. The second-order valence-corrected chi connectivity index (χ2v) is 7.64. The molecule has 5 nitrogen and oxygen atoms in total. The number of aromatic carboxylic acids is 1. The molecule has 1 N–H and O–H groups in total. The summed E-state index contributed by atoms with van der Waals surface area (Å²) in [4.78, 5) is 22.3. The molecule has 1 aromatic heterocycles. The molecule has 0 aliphatic rings. The van der Waals surface area contributed by atoms with Crippen LogP contribution in [0.2, 0.25) is 10.0 Å². The van der Waals surface area contributed by atoms with E-state index in [0.29, 0.717) is 34.5 Å². The first-order chi connectivity index (χ1) is 13.9. The van der Waals surface area contributed by atoms with Crippen molar-refractivity contribution in [1.82, 2.24) is 9.97 Å². The summed E-state index contributed by atoms with van der Waals surface area (Å²) in [5.74, 6) is -0.535. The first kappa shape index (κ1) is 21.1. The summed E-state index contributed by atoms with van der Waals surface area (Å²) in [6.45, 7) is 0.722. The van der Waals surface area contributed by atoms with Gasteiger partial charge in [-0.2, -0.15) is 0 Å². The van der Waals surface area contributed by atoms with E-state index in [2.05, 4.69) is 22.1 Å². The molecular weight excluding hydrogens is 409 g/mol. The fraction of sp³-hybridized carbons (Fsp3) is 0.227. The number of carboxylic acids is 1. The maximum absolute atomic E-state index is 11.6. The van der Waals surface area contributed by atoms with Crippen LogP contribution in [-0.2, 0) is 19.3 Å². The van der Waals surface area contributed by atoms with Gasteiger partial charge in [-0.05, 0) is 48.6 Å². The third kappa shape index (κ3) is 5.92. The topological polar surface area (TPSA) is 66.3 Å². The van der Waals surface area contributed by atoms with Crippen molar-refractivity contribution in [3.8, 4) is 0 Å². The first-order valence-electron chi connectivity index (χ1n) is 9.21. The molecule has 2 aromatic carbocycles. The number of carboxylic acid groups (broad SMARTS) is 1. The highest BCUT2D eigenvalue weighted by Gasteiger charge is 2.16. The van der Waals surface area contributed by atoms with E-state index in [-0.39, 0.29) is 5.56 Å². The molecule has 0 atom stereocenters. The van der Waals surface area contributed by atoms with Crippen molar-refractivity contribution in [2.24, 2.45) is 0 Å². The molecule has 0 unspecified atom stereocenters. The minimum absolute atomic E-state index is 0.110. The van der Waals surface area contributed by atoms with Crippen molar-refractivity contribution in [3.63, 3.8) is 0 Å². The fourth-order valence-corrected chi connectivity index (χ4v) is 3.59. The van der Waals surface area contributed by atoms with Crippen molar-refractivity contribution in [3.05, 3.63) is 87.2 Å². The fourth-order valence-electron chi connectivity index (χ4n) is 3.02. The van der Waals surface area contributed by atoms with E-state index in [4.69, 9.17) is 23.2 Å². The van der Waals surface area contributed by atoms with Gasteiger partial charge in [-0.15, -0.1) is 0 Å². The zero-order chi connectivity index (χ0) is 20.8. The predicted molar refractivity (Wildman–Crippen MR) is 116 cm³/mol. The van der Waals surface area contributed by atoms with Gasteiger partial charge in [0.15, 0.2) is 0 Å². The van der Waals surface area contributed by atoms with Crippen molar-refractivity contribution in [1.29, 1.82) is 0 Å². The van der Waals surface area contributed by atoms with E-state index in [1.54, 1.807) is 6.07 Å². The van der Waals surface area contributed by atoms with Gasteiger partial charge >= 0.3 is 5.97 Å². The van der Waals surface area contributed by atoms with E-state index in [0.717, 1.165) is 18.5 Å². The standard InChI is InChI=1S/C22H21Cl2N3O2/c1-27(10-9-15-5-3-2-4-6-15)22-25-14-19(21(28)29)20(26-22)8-7-16-11-17(23)13-18(24)12-16/h2-6,11-14H,7-10H2,1H3,(H,28,29). The van der Waals surface area contributed by atoms with E-state index >= 15 is 0 Å². The zero-order valence-electron chi connectivity index (χ0n) is 16.0. The normalized spacial score (nSPS) is 10.7. The summed E-state index contributed by atoms with van der Waals surface area (Å²) in [6, 6.07) is 15.5. The minimum Gasteiger partial charge on any atom is -0.478 e. The number of carbonyl (C=O) groups is 1. The molecule has 3 rings (SSSR count). The van der Waals surface area contributed by atoms with Crippen molar-refractivity contribution in [2.45, 2.75) is 19.3 Å². The van der Waals surface area contributed by atoms with Gasteiger partial charge in [-0.3, -0.25) is 0 Å². The van der Waals surface area contributed by atoms with Gasteiger partial charge in [0.25, 0.3) is 0 Å². The molecule has 3 aromatic rings. The average Bonchev–Trinajstić information content (AvgIpc) is 2.70. The smallest absolute Gasteiger partial charge is 0.339 e. The van der Waals surface area contributed by atoms with Crippen molar-refractivity contribution in [2.75, 3.05) is 18.5 Å². The number of halogens is 2. The largest absolute Gasteiger partial charge is 0.478 e. The summed E-state index contributed by atoms with van der Waals surface area (Å²) in [5.41, 5.74) is 2.75. The number of benzene rings is 2. The molecule has 1 heterocycles. The van der Waals surface area contributed by atoms with Crippen LogP contribution in [0.15, 0.2) is 54.7 Å². The van der Waals surface area contributed by atoms with Gasteiger partial charge < -0.3 is 10.0 Å². The highest BCUT2D eigenvalue weighted by molar-refractivity contribution is 6.34. The summed E-state index contributed by atoms with van der Waals surface area (Å²) in [7, 11) is 1.90. The third-order valence-corrected chi connectivity index (χ3v) is 5.01. The minimum atomic E-state index is -1.04. The molecule has 150 valence electrons. The summed E-state index contributed by atoms with van der Waals surface area (Å²) >= 11 is 12.1. The van der Waals surface area contributed by atoms with E-state index in [1.165, 1.54) is 11.8 Å². The number of rotatable bonds is 8. The molecule has 0 radical (unpaired) electrons. The number of aryl methyl sites for hydroxylation is 2. The van der Waals surface area contributed by atoms with Gasteiger partial charge in [0.2, 0.25) is 5.95 Å². The van der Waals surface area contributed by atoms with Crippen LogP contribution < -0.4 is 4.90 Å². The van der Waals surface area contributed by atoms with Crippen LogP contribution >= 0.6 is 23.2 Å². The van der Waals surface area contributed by atoms with Crippen LogP contribution in [0.3, 0.4) is 0 Å². The molecule has 0 aliphatic heterocycles. The number of hydrogen-bond acceptors (Lipinski definition) is 4. The molecular formula is C22H21Cl2N3O2. The molecule has 0 saturated carbocycles. The molecule has 0 fully saturated rings. The average molecular weight is 430 g/mol. The third-order valence-electron chi connectivity index (χ3n) is 4.58. The highest BCUT2D eigenvalue weighted by atomic mass is 35.5. The lowest BCUT2D eigenvalue weighted by molar-refractivity contribution is 0.0694. The Morgan fingerprint density at radius 3 is 2.34 bits per heavy atom. The maximum atomic E-state index is 11.6. The number of anilines is 1. The Morgan fingerprint density at radius 1 is 1.00 bits per heavy atom. The van der Waals surface area contributed by atoms with E-state index in [9.17, 15) is 9.90 Å². The maximum Gasteiger partial charge on any atom is 0.339 e. The highest BCUT2D eigenvalue weighted by Crippen LogP contribution is 2.21. The van der Waals surface area contributed by atoms with Crippen LogP contribution in [0.5, 0.6) is 0 Å². The molecule has 0 saturated heterocycles. The van der Waals surface area contributed by atoms with Crippen LogP contribution in [0, 0.1) is 0 Å². The number of aromatic nitrogens is 2. The zero-order valence-corrected chi connectivity index (χ0v) is 17.5. The Balaban J connectivity index is 1.75. The Bertz CT molecular complexity index is 976. The number of likely N-dealkylation sites (N-methyl/N-ethyl adjacent to an activating group) is 1. The van der Waals surface area contributed by atoms with Crippen LogP contribution in [0.25, 0.3) is 0 Å². The quantitative estimate of drug-likeness (QED) is 0.548. The molecule has 0 bridgehead atoms. The molecule has 0 aliphatic carbocycles. The Morgan fingerprint density at radius 2 is 1.69 bits per heavy atom. The number of hydrogen-bond donors (Lipinski definition) is 1.